The minimum absolute atomic E-state index is 0.00646. The first kappa shape index (κ1) is 14.0. The van der Waals surface area contributed by atoms with Gasteiger partial charge in [-0.15, -0.1) is 0 Å². The van der Waals surface area contributed by atoms with Crippen LogP contribution in [0.5, 0.6) is 0 Å². The summed E-state index contributed by atoms with van der Waals surface area (Å²) in [4.78, 5) is 0.439. The fourth-order valence-electron chi connectivity index (χ4n) is 2.71. The van der Waals surface area contributed by atoms with E-state index in [2.05, 4.69) is 5.32 Å². The van der Waals surface area contributed by atoms with E-state index in [-0.39, 0.29) is 6.04 Å². The molecule has 4 nitrogen and oxygen atoms in total. The van der Waals surface area contributed by atoms with E-state index in [1.165, 1.54) is 5.56 Å². The highest BCUT2D eigenvalue weighted by Gasteiger charge is 2.33. The Morgan fingerprint density at radius 1 is 1.25 bits per heavy atom. The molecular formula is C15H22N2O2S. The van der Waals surface area contributed by atoms with Gasteiger partial charge in [-0.05, 0) is 55.9 Å². The van der Waals surface area contributed by atoms with E-state index < -0.39 is 10.0 Å². The van der Waals surface area contributed by atoms with Crippen LogP contribution in [0.25, 0.3) is 0 Å². The summed E-state index contributed by atoms with van der Waals surface area (Å²) in [6.45, 7) is 6.17. The second-order valence-electron chi connectivity index (χ2n) is 6.15. The molecule has 1 saturated carbocycles. The van der Waals surface area contributed by atoms with Gasteiger partial charge in [-0.3, -0.25) is 0 Å². The van der Waals surface area contributed by atoms with Crippen LogP contribution in [0.2, 0.25) is 0 Å². The lowest BCUT2D eigenvalue weighted by Gasteiger charge is -2.26. The lowest BCUT2D eigenvalue weighted by atomic mass is 10.1. The van der Waals surface area contributed by atoms with Gasteiger partial charge in [0.05, 0.1) is 4.90 Å². The van der Waals surface area contributed by atoms with E-state index in [1.807, 2.05) is 26.0 Å². The van der Waals surface area contributed by atoms with Crippen LogP contribution in [0.1, 0.15) is 37.8 Å². The summed E-state index contributed by atoms with van der Waals surface area (Å²) in [5, 5.41) is 3.25. The van der Waals surface area contributed by atoms with Gasteiger partial charge in [0.2, 0.25) is 10.0 Å². The first-order valence-electron chi connectivity index (χ1n) is 7.33. The van der Waals surface area contributed by atoms with Crippen LogP contribution in [-0.4, -0.2) is 25.3 Å². The molecule has 0 saturated heterocycles. The lowest BCUT2D eigenvalue weighted by Crippen LogP contribution is -2.38. The molecule has 3 rings (SSSR count). The van der Waals surface area contributed by atoms with Gasteiger partial charge in [0.25, 0.3) is 0 Å². The Hall–Kier alpha value is -0.910. The van der Waals surface area contributed by atoms with Crippen LogP contribution in [0.3, 0.4) is 0 Å². The molecule has 1 fully saturated rings. The minimum atomic E-state index is -3.37. The molecule has 1 N–H and O–H groups in total. The second kappa shape index (κ2) is 5.13. The molecule has 0 spiro atoms. The van der Waals surface area contributed by atoms with Gasteiger partial charge in [-0.25, -0.2) is 8.42 Å². The summed E-state index contributed by atoms with van der Waals surface area (Å²) >= 11 is 0. The topological polar surface area (TPSA) is 49.4 Å². The van der Waals surface area contributed by atoms with Crippen LogP contribution in [0, 0.1) is 5.92 Å². The van der Waals surface area contributed by atoms with Gasteiger partial charge in [0.1, 0.15) is 0 Å². The molecule has 1 aliphatic carbocycles. The standard InChI is InChI=1S/C15H22N2O2S/c1-11(2)17(10-12-3-4-12)20(18,19)15-6-5-13-8-16-9-14(13)7-15/h5-7,11-12,16H,3-4,8-10H2,1-2H3. The van der Waals surface area contributed by atoms with Gasteiger partial charge in [0.15, 0.2) is 0 Å². The molecule has 0 amide bonds. The number of hydrogen-bond acceptors (Lipinski definition) is 3. The number of benzene rings is 1. The number of sulfonamides is 1. The molecule has 0 unspecified atom stereocenters. The van der Waals surface area contributed by atoms with Crippen LogP contribution in [0.15, 0.2) is 23.1 Å². The van der Waals surface area contributed by atoms with Crippen LogP contribution in [-0.2, 0) is 23.1 Å². The van der Waals surface area contributed by atoms with Crippen molar-refractivity contribution in [3.63, 3.8) is 0 Å². The van der Waals surface area contributed by atoms with Crippen LogP contribution in [0.4, 0.5) is 0 Å². The second-order valence-corrected chi connectivity index (χ2v) is 8.04. The molecule has 2 aliphatic rings. The summed E-state index contributed by atoms with van der Waals surface area (Å²) < 4.78 is 27.3. The largest absolute Gasteiger partial charge is 0.309 e. The average molecular weight is 294 g/mol. The summed E-state index contributed by atoms with van der Waals surface area (Å²) in [5.41, 5.74) is 2.32. The normalized spacial score (nSPS) is 18.8. The molecular weight excluding hydrogens is 272 g/mol. The monoisotopic (exact) mass is 294 g/mol. The maximum Gasteiger partial charge on any atom is 0.243 e. The number of rotatable bonds is 5. The van der Waals surface area contributed by atoms with E-state index in [1.54, 1.807) is 10.4 Å². The van der Waals surface area contributed by atoms with Crippen molar-refractivity contribution >= 4 is 10.0 Å². The molecule has 110 valence electrons. The van der Waals surface area contributed by atoms with Gasteiger partial charge in [-0.1, -0.05) is 6.07 Å². The maximum atomic E-state index is 12.8. The number of nitrogens with zero attached hydrogens (tertiary/aromatic N) is 1. The minimum Gasteiger partial charge on any atom is -0.309 e. The Balaban J connectivity index is 1.92. The van der Waals surface area contributed by atoms with Crippen molar-refractivity contribution in [1.82, 2.24) is 9.62 Å². The maximum absolute atomic E-state index is 12.8. The van der Waals surface area contributed by atoms with Crippen molar-refractivity contribution in [3.8, 4) is 0 Å². The SMILES string of the molecule is CC(C)N(CC1CC1)S(=O)(=O)c1ccc2c(c1)CNC2. The van der Waals surface area contributed by atoms with Crippen molar-refractivity contribution in [1.29, 1.82) is 0 Å². The van der Waals surface area contributed by atoms with Gasteiger partial charge in [-0.2, -0.15) is 4.31 Å². The molecule has 1 aromatic rings. The fraction of sp³-hybridized carbons (Fsp3) is 0.600. The number of hydrogen-bond donors (Lipinski definition) is 1. The van der Waals surface area contributed by atoms with Crippen molar-refractivity contribution in [3.05, 3.63) is 29.3 Å². The smallest absolute Gasteiger partial charge is 0.243 e. The molecule has 0 aromatic heterocycles. The molecule has 0 bridgehead atoms. The highest BCUT2D eigenvalue weighted by molar-refractivity contribution is 7.89. The van der Waals surface area contributed by atoms with Crippen LogP contribution >= 0.6 is 0 Å². The summed E-state index contributed by atoms with van der Waals surface area (Å²) in [7, 11) is -3.37. The lowest BCUT2D eigenvalue weighted by molar-refractivity contribution is 0.341. The Labute approximate surface area is 121 Å². The molecule has 0 radical (unpaired) electrons. The Morgan fingerprint density at radius 2 is 1.95 bits per heavy atom. The van der Waals surface area contributed by atoms with E-state index in [0.29, 0.717) is 17.4 Å². The van der Waals surface area contributed by atoms with Crippen molar-refractivity contribution < 1.29 is 8.42 Å². The quantitative estimate of drug-likeness (QED) is 0.905. The van der Waals surface area contributed by atoms with E-state index in [9.17, 15) is 8.42 Å². The average Bonchev–Trinajstić information content (AvgIpc) is 3.10. The zero-order chi connectivity index (χ0) is 14.3. The van der Waals surface area contributed by atoms with E-state index >= 15 is 0 Å². The van der Waals surface area contributed by atoms with Crippen molar-refractivity contribution in [2.75, 3.05) is 6.54 Å². The summed E-state index contributed by atoms with van der Waals surface area (Å²) in [5.74, 6) is 0.559. The Morgan fingerprint density at radius 3 is 2.60 bits per heavy atom. The first-order valence-corrected chi connectivity index (χ1v) is 8.77. The third-order valence-corrected chi connectivity index (χ3v) is 6.16. The van der Waals surface area contributed by atoms with Crippen LogP contribution < -0.4 is 5.32 Å². The fourth-order valence-corrected chi connectivity index (χ4v) is 4.47. The highest BCUT2D eigenvalue weighted by atomic mass is 32.2. The van der Waals surface area contributed by atoms with Gasteiger partial charge >= 0.3 is 0 Å². The number of nitrogens with one attached hydrogen (secondary N) is 1. The van der Waals surface area contributed by atoms with E-state index in [4.69, 9.17) is 0 Å². The van der Waals surface area contributed by atoms with Gasteiger partial charge in [0, 0.05) is 25.7 Å². The zero-order valence-electron chi connectivity index (χ0n) is 12.1. The highest BCUT2D eigenvalue weighted by Crippen LogP contribution is 2.33. The Kier molecular flexibility index (Phi) is 3.60. The predicted molar refractivity (Wildman–Crippen MR) is 78.7 cm³/mol. The molecule has 1 aromatic carbocycles. The van der Waals surface area contributed by atoms with Crippen molar-refractivity contribution in [2.45, 2.75) is 50.7 Å². The molecule has 1 heterocycles. The third-order valence-electron chi connectivity index (χ3n) is 4.13. The van der Waals surface area contributed by atoms with Crippen molar-refractivity contribution in [2.24, 2.45) is 5.92 Å². The summed E-state index contributed by atoms with van der Waals surface area (Å²) in [6.07, 6.45) is 2.32. The summed E-state index contributed by atoms with van der Waals surface area (Å²) in [6, 6.07) is 5.54. The third kappa shape index (κ3) is 2.62. The zero-order valence-corrected chi connectivity index (χ0v) is 12.9. The van der Waals surface area contributed by atoms with Gasteiger partial charge < -0.3 is 5.32 Å². The molecule has 20 heavy (non-hydrogen) atoms. The Bertz CT molecular complexity index is 606. The molecule has 1 aliphatic heterocycles. The first-order chi connectivity index (χ1) is 9.48. The number of fused-ring (bicyclic) bond motifs is 1. The predicted octanol–water partition coefficient (Wildman–Crippen LogP) is 2.10. The van der Waals surface area contributed by atoms with E-state index in [0.717, 1.165) is 31.5 Å². The molecule has 5 heteroatoms. The molecule has 0 atom stereocenters.